The van der Waals surface area contributed by atoms with E-state index >= 15 is 0 Å². The number of aromatic nitrogens is 1. The maximum atomic E-state index is 14.3. The summed E-state index contributed by atoms with van der Waals surface area (Å²) in [6, 6.07) is 11.2. The SMILES string of the molecule is CCOC(=O)c1c(-c2ccccc2F)c(C=O)n2ccccc12. The van der Waals surface area contributed by atoms with Crippen molar-refractivity contribution in [3.05, 3.63) is 65.7 Å². The van der Waals surface area contributed by atoms with Gasteiger partial charge in [-0.2, -0.15) is 0 Å². The number of aldehydes is 1. The van der Waals surface area contributed by atoms with E-state index in [9.17, 15) is 14.0 Å². The fraction of sp³-hybridized carbons (Fsp3) is 0.111. The normalized spacial score (nSPS) is 10.7. The predicted octanol–water partition coefficient (Wildman–Crippen LogP) is 3.73. The molecule has 23 heavy (non-hydrogen) atoms. The molecule has 0 fully saturated rings. The molecule has 0 unspecified atom stereocenters. The molecule has 5 heteroatoms. The van der Waals surface area contributed by atoms with Gasteiger partial charge in [-0.3, -0.25) is 4.79 Å². The molecule has 3 rings (SSSR count). The first-order valence-electron chi connectivity index (χ1n) is 7.19. The van der Waals surface area contributed by atoms with Crippen molar-refractivity contribution < 1.29 is 18.7 Å². The molecular formula is C18H14FNO3. The van der Waals surface area contributed by atoms with Crippen LogP contribution in [-0.2, 0) is 4.74 Å². The standard InChI is InChI=1S/C18H14FNO3/c1-2-23-18(22)17-14-9-5-6-10-20(14)15(11-21)16(17)12-7-3-4-8-13(12)19/h3-11H,2H2,1H3. The number of halogens is 1. The van der Waals surface area contributed by atoms with Crippen molar-refractivity contribution in [3.8, 4) is 11.1 Å². The molecule has 4 nitrogen and oxygen atoms in total. The smallest absolute Gasteiger partial charge is 0.340 e. The molecule has 0 saturated heterocycles. The lowest BCUT2D eigenvalue weighted by Crippen LogP contribution is -2.06. The molecule has 0 bridgehead atoms. The van der Waals surface area contributed by atoms with E-state index in [1.165, 1.54) is 6.07 Å². The minimum Gasteiger partial charge on any atom is -0.462 e. The number of hydrogen-bond donors (Lipinski definition) is 0. The fourth-order valence-corrected chi connectivity index (χ4v) is 2.70. The largest absolute Gasteiger partial charge is 0.462 e. The quantitative estimate of drug-likeness (QED) is 0.545. The Labute approximate surface area is 132 Å². The lowest BCUT2D eigenvalue weighted by atomic mass is 10.00. The van der Waals surface area contributed by atoms with E-state index in [0.29, 0.717) is 11.8 Å². The predicted molar refractivity (Wildman–Crippen MR) is 84.1 cm³/mol. The van der Waals surface area contributed by atoms with Crippen LogP contribution < -0.4 is 0 Å². The fourth-order valence-electron chi connectivity index (χ4n) is 2.70. The van der Waals surface area contributed by atoms with Crippen molar-refractivity contribution in [2.24, 2.45) is 0 Å². The number of hydrogen-bond acceptors (Lipinski definition) is 3. The third-order valence-electron chi connectivity index (χ3n) is 3.62. The Balaban J connectivity index is 2.43. The molecule has 1 aromatic carbocycles. The van der Waals surface area contributed by atoms with Gasteiger partial charge in [-0.1, -0.05) is 24.3 Å². The Bertz CT molecular complexity index is 898. The van der Waals surface area contributed by atoms with Crippen LogP contribution in [-0.4, -0.2) is 23.3 Å². The highest BCUT2D eigenvalue weighted by molar-refractivity contribution is 6.09. The topological polar surface area (TPSA) is 47.8 Å². The van der Waals surface area contributed by atoms with Gasteiger partial charge < -0.3 is 9.14 Å². The number of rotatable bonds is 4. The summed E-state index contributed by atoms with van der Waals surface area (Å²) in [5.41, 5.74) is 1.36. The number of carbonyl (C=O) groups is 2. The molecule has 2 heterocycles. The summed E-state index contributed by atoms with van der Waals surface area (Å²) < 4.78 is 20.9. The second kappa shape index (κ2) is 6.04. The summed E-state index contributed by atoms with van der Waals surface area (Å²) in [6.07, 6.45) is 2.28. The van der Waals surface area contributed by atoms with Gasteiger partial charge in [0, 0.05) is 17.3 Å². The Morgan fingerprint density at radius 2 is 1.96 bits per heavy atom. The monoisotopic (exact) mass is 311 g/mol. The first-order valence-corrected chi connectivity index (χ1v) is 7.19. The number of pyridine rings is 1. The van der Waals surface area contributed by atoms with E-state index in [-0.39, 0.29) is 29.0 Å². The number of esters is 1. The van der Waals surface area contributed by atoms with Gasteiger partial charge in [-0.05, 0) is 25.1 Å². The molecule has 0 saturated carbocycles. The van der Waals surface area contributed by atoms with Crippen molar-refractivity contribution >= 4 is 17.8 Å². The van der Waals surface area contributed by atoms with E-state index < -0.39 is 11.8 Å². The maximum absolute atomic E-state index is 14.3. The van der Waals surface area contributed by atoms with Crippen LogP contribution in [0.1, 0.15) is 27.8 Å². The highest BCUT2D eigenvalue weighted by atomic mass is 19.1. The third kappa shape index (κ3) is 2.40. The van der Waals surface area contributed by atoms with Gasteiger partial charge in [0.05, 0.1) is 23.4 Å². The Morgan fingerprint density at radius 1 is 1.22 bits per heavy atom. The highest BCUT2D eigenvalue weighted by Crippen LogP contribution is 2.34. The van der Waals surface area contributed by atoms with E-state index in [1.54, 1.807) is 53.9 Å². The molecule has 0 aliphatic rings. The van der Waals surface area contributed by atoms with Crippen LogP contribution in [0, 0.1) is 5.82 Å². The second-order valence-electron chi connectivity index (χ2n) is 4.91. The zero-order chi connectivity index (χ0) is 16.4. The van der Waals surface area contributed by atoms with E-state index in [2.05, 4.69) is 0 Å². The lowest BCUT2D eigenvalue weighted by molar-refractivity contribution is 0.0529. The highest BCUT2D eigenvalue weighted by Gasteiger charge is 2.26. The van der Waals surface area contributed by atoms with Crippen LogP contribution in [0.3, 0.4) is 0 Å². The summed E-state index contributed by atoms with van der Waals surface area (Å²) in [7, 11) is 0. The van der Waals surface area contributed by atoms with Gasteiger partial charge in [0.25, 0.3) is 0 Å². The summed E-state index contributed by atoms with van der Waals surface area (Å²) in [4.78, 5) is 24.0. The molecule has 0 atom stereocenters. The average Bonchev–Trinajstić information content (AvgIpc) is 2.89. The van der Waals surface area contributed by atoms with Crippen LogP contribution in [0.4, 0.5) is 4.39 Å². The Hall–Kier alpha value is -2.95. The molecule has 0 radical (unpaired) electrons. The van der Waals surface area contributed by atoms with Gasteiger partial charge in [0.2, 0.25) is 0 Å². The summed E-state index contributed by atoms with van der Waals surface area (Å²) in [6.45, 7) is 1.88. The first kappa shape index (κ1) is 15.0. The van der Waals surface area contributed by atoms with Crippen molar-refractivity contribution in [1.29, 1.82) is 0 Å². The number of benzene rings is 1. The zero-order valence-electron chi connectivity index (χ0n) is 12.5. The van der Waals surface area contributed by atoms with Crippen molar-refractivity contribution in [2.75, 3.05) is 6.61 Å². The van der Waals surface area contributed by atoms with Crippen LogP contribution in [0.15, 0.2) is 48.7 Å². The van der Waals surface area contributed by atoms with Crippen molar-refractivity contribution in [3.63, 3.8) is 0 Å². The first-order chi connectivity index (χ1) is 11.2. The zero-order valence-corrected chi connectivity index (χ0v) is 12.5. The van der Waals surface area contributed by atoms with E-state index in [4.69, 9.17) is 4.74 Å². The number of fused-ring (bicyclic) bond motifs is 1. The molecule has 0 aliphatic carbocycles. The molecule has 0 N–H and O–H groups in total. The third-order valence-corrected chi connectivity index (χ3v) is 3.62. The molecule has 3 aromatic rings. The van der Waals surface area contributed by atoms with Crippen molar-refractivity contribution in [2.45, 2.75) is 6.92 Å². The molecular weight excluding hydrogens is 297 g/mol. The van der Waals surface area contributed by atoms with Crippen molar-refractivity contribution in [1.82, 2.24) is 4.40 Å². The molecule has 2 aromatic heterocycles. The van der Waals surface area contributed by atoms with Gasteiger partial charge in [0.1, 0.15) is 5.82 Å². The summed E-state index contributed by atoms with van der Waals surface area (Å²) in [5, 5.41) is 0. The minimum absolute atomic E-state index is 0.191. The maximum Gasteiger partial charge on any atom is 0.340 e. The summed E-state index contributed by atoms with van der Waals surface area (Å²) in [5.74, 6) is -1.08. The minimum atomic E-state index is -0.581. The number of nitrogens with zero attached hydrogens (tertiary/aromatic N) is 1. The van der Waals surface area contributed by atoms with Crippen LogP contribution >= 0.6 is 0 Å². The average molecular weight is 311 g/mol. The second-order valence-corrected chi connectivity index (χ2v) is 4.91. The van der Waals surface area contributed by atoms with E-state index in [0.717, 1.165) is 0 Å². The Morgan fingerprint density at radius 3 is 2.65 bits per heavy atom. The van der Waals surface area contributed by atoms with Crippen LogP contribution in [0.25, 0.3) is 16.6 Å². The van der Waals surface area contributed by atoms with Gasteiger partial charge >= 0.3 is 5.97 Å². The molecule has 0 spiro atoms. The number of ether oxygens (including phenoxy) is 1. The lowest BCUT2D eigenvalue weighted by Gasteiger charge is -2.06. The van der Waals surface area contributed by atoms with Crippen LogP contribution in [0.2, 0.25) is 0 Å². The van der Waals surface area contributed by atoms with Gasteiger partial charge in [0.15, 0.2) is 6.29 Å². The van der Waals surface area contributed by atoms with Crippen LogP contribution in [0.5, 0.6) is 0 Å². The van der Waals surface area contributed by atoms with E-state index in [1.807, 2.05) is 0 Å². The molecule has 0 amide bonds. The van der Waals surface area contributed by atoms with Gasteiger partial charge in [-0.15, -0.1) is 0 Å². The van der Waals surface area contributed by atoms with Gasteiger partial charge in [-0.25, -0.2) is 9.18 Å². The number of carbonyl (C=O) groups excluding carboxylic acids is 2. The molecule has 116 valence electrons. The molecule has 0 aliphatic heterocycles. The summed E-state index contributed by atoms with van der Waals surface area (Å²) >= 11 is 0. The Kier molecular flexibility index (Phi) is 3.93.